The smallest absolute Gasteiger partial charge is 0.257 e. The van der Waals surface area contributed by atoms with Crippen LogP contribution in [0.1, 0.15) is 22.4 Å². The van der Waals surface area contributed by atoms with Gasteiger partial charge in [-0.3, -0.25) is 9.78 Å². The van der Waals surface area contributed by atoms with Crippen LogP contribution in [0.15, 0.2) is 67.0 Å². The van der Waals surface area contributed by atoms with Gasteiger partial charge in [0.1, 0.15) is 0 Å². The van der Waals surface area contributed by atoms with E-state index in [1.54, 1.807) is 6.20 Å². The van der Waals surface area contributed by atoms with Crippen molar-refractivity contribution in [1.29, 1.82) is 0 Å². The first kappa shape index (κ1) is 19.7. The van der Waals surface area contributed by atoms with Gasteiger partial charge in [0.15, 0.2) is 0 Å². The van der Waals surface area contributed by atoms with Crippen LogP contribution < -0.4 is 15.5 Å². The Morgan fingerprint density at radius 3 is 2.70 bits per heavy atom. The van der Waals surface area contributed by atoms with E-state index in [2.05, 4.69) is 52.7 Å². The zero-order valence-electron chi connectivity index (χ0n) is 17.6. The molecule has 0 atom stereocenters. The molecule has 2 heterocycles. The second kappa shape index (κ2) is 8.41. The fraction of sp³-hybridized carbons (Fsp3) is 0.200. The number of nitrogens with one attached hydrogen (secondary N) is 2. The monoisotopic (exact) mass is 398 g/mol. The highest BCUT2D eigenvalue weighted by Gasteiger charge is 2.25. The van der Waals surface area contributed by atoms with Crippen molar-refractivity contribution in [1.82, 2.24) is 4.98 Å². The third kappa shape index (κ3) is 4.06. The highest BCUT2D eigenvalue weighted by atomic mass is 16.2. The summed E-state index contributed by atoms with van der Waals surface area (Å²) in [7, 11) is 2.10. The molecule has 1 amide bonds. The van der Waals surface area contributed by atoms with E-state index in [9.17, 15) is 4.79 Å². The number of anilines is 3. The van der Waals surface area contributed by atoms with Gasteiger partial charge < -0.3 is 15.5 Å². The van der Waals surface area contributed by atoms with Crippen LogP contribution in [0, 0.1) is 13.8 Å². The lowest BCUT2D eigenvalue weighted by Gasteiger charge is -2.22. The number of hydrogen-bond acceptors (Lipinski definition) is 4. The van der Waals surface area contributed by atoms with Crippen molar-refractivity contribution < 1.29 is 4.79 Å². The van der Waals surface area contributed by atoms with E-state index in [1.807, 2.05) is 49.5 Å². The normalized spacial score (nSPS) is 13.8. The lowest BCUT2D eigenvalue weighted by molar-refractivity contribution is -0.110. The van der Waals surface area contributed by atoms with Crippen molar-refractivity contribution in [2.24, 2.45) is 0 Å². The molecule has 5 heteroatoms. The molecule has 0 spiro atoms. The van der Waals surface area contributed by atoms with Gasteiger partial charge in [0, 0.05) is 60.7 Å². The Hall–Kier alpha value is -3.60. The number of nitrogens with zero attached hydrogens (tertiary/aromatic N) is 2. The highest BCUT2D eigenvalue weighted by Crippen LogP contribution is 2.34. The molecule has 1 aliphatic rings. The third-order valence-electron chi connectivity index (χ3n) is 5.46. The van der Waals surface area contributed by atoms with Crippen molar-refractivity contribution in [3.05, 3.63) is 89.4 Å². The molecule has 0 aliphatic carbocycles. The van der Waals surface area contributed by atoms with Crippen LogP contribution in [0.5, 0.6) is 0 Å². The number of pyridine rings is 1. The van der Waals surface area contributed by atoms with Crippen molar-refractivity contribution in [3.63, 3.8) is 0 Å². The van der Waals surface area contributed by atoms with Crippen LogP contribution >= 0.6 is 0 Å². The molecule has 1 aliphatic heterocycles. The molecule has 152 valence electrons. The summed E-state index contributed by atoms with van der Waals surface area (Å²) in [5, 5.41) is 6.23. The molecule has 0 fully saturated rings. The first-order valence-corrected chi connectivity index (χ1v) is 10.1. The number of likely N-dealkylation sites (N-methyl/N-ethyl adjacent to an activating group) is 1. The van der Waals surface area contributed by atoms with Crippen molar-refractivity contribution in [2.75, 3.05) is 29.1 Å². The molecule has 2 N–H and O–H groups in total. The number of fused-ring (bicyclic) bond motifs is 1. The van der Waals surface area contributed by atoms with Crippen LogP contribution in [-0.4, -0.2) is 24.5 Å². The van der Waals surface area contributed by atoms with Crippen LogP contribution in [-0.2, 0) is 11.2 Å². The number of carbonyl (C=O) groups is 1. The SMILES string of the molecule is Cc1cc(N/C=C2\C(=O)Nc3cccc(C)c32)ccc1N(C)CCc1ccccn1. The van der Waals surface area contributed by atoms with Gasteiger partial charge >= 0.3 is 0 Å². The van der Waals surface area contributed by atoms with Crippen LogP contribution in [0.2, 0.25) is 0 Å². The molecule has 0 bridgehead atoms. The molecule has 3 aromatic rings. The third-order valence-corrected chi connectivity index (χ3v) is 5.46. The van der Waals surface area contributed by atoms with Gasteiger partial charge in [0.05, 0.1) is 5.57 Å². The number of amides is 1. The molecule has 4 rings (SSSR count). The van der Waals surface area contributed by atoms with Crippen LogP contribution in [0.25, 0.3) is 5.57 Å². The Labute approximate surface area is 177 Å². The quantitative estimate of drug-likeness (QED) is 0.587. The maximum Gasteiger partial charge on any atom is 0.257 e. The summed E-state index contributed by atoms with van der Waals surface area (Å²) in [6.07, 6.45) is 4.53. The van der Waals surface area contributed by atoms with Crippen molar-refractivity contribution in [3.8, 4) is 0 Å². The number of carbonyl (C=O) groups excluding carboxylic acids is 1. The zero-order chi connectivity index (χ0) is 21.1. The van der Waals surface area contributed by atoms with E-state index >= 15 is 0 Å². The standard InChI is InChI=1S/C25H26N4O/c1-17-7-6-9-22-24(17)21(25(30)28-22)16-27-20-10-11-23(18(2)15-20)29(3)14-12-19-8-4-5-13-26-19/h4-11,13,15-16,27H,12,14H2,1-3H3,(H,28,30)/b21-16-. The van der Waals surface area contributed by atoms with E-state index in [0.717, 1.165) is 41.2 Å². The lowest BCUT2D eigenvalue weighted by atomic mass is 10.0. The minimum Gasteiger partial charge on any atom is -0.374 e. The molecule has 30 heavy (non-hydrogen) atoms. The van der Waals surface area contributed by atoms with Crippen molar-refractivity contribution >= 4 is 28.5 Å². The number of rotatable bonds is 6. The maximum absolute atomic E-state index is 12.4. The number of benzene rings is 2. The fourth-order valence-electron chi connectivity index (χ4n) is 3.85. The summed E-state index contributed by atoms with van der Waals surface area (Å²) in [6, 6.07) is 18.2. The van der Waals surface area contributed by atoms with E-state index < -0.39 is 0 Å². The molecule has 0 saturated carbocycles. The summed E-state index contributed by atoms with van der Waals surface area (Å²) in [5.74, 6) is -0.0746. The number of hydrogen-bond donors (Lipinski definition) is 2. The molecular weight excluding hydrogens is 372 g/mol. The minimum absolute atomic E-state index is 0.0746. The van der Waals surface area contributed by atoms with Crippen LogP contribution in [0.3, 0.4) is 0 Å². The van der Waals surface area contributed by atoms with E-state index in [1.165, 1.54) is 11.3 Å². The van der Waals surface area contributed by atoms with Gasteiger partial charge in [-0.25, -0.2) is 0 Å². The Morgan fingerprint density at radius 2 is 1.93 bits per heavy atom. The van der Waals surface area contributed by atoms with Gasteiger partial charge in [-0.15, -0.1) is 0 Å². The van der Waals surface area contributed by atoms with Gasteiger partial charge in [0.2, 0.25) is 0 Å². The minimum atomic E-state index is -0.0746. The van der Waals surface area contributed by atoms with Gasteiger partial charge in [-0.1, -0.05) is 18.2 Å². The topological polar surface area (TPSA) is 57.3 Å². The molecule has 0 saturated heterocycles. The Kier molecular flexibility index (Phi) is 5.53. The lowest BCUT2D eigenvalue weighted by Crippen LogP contribution is -2.21. The summed E-state index contributed by atoms with van der Waals surface area (Å²) >= 11 is 0. The first-order valence-electron chi connectivity index (χ1n) is 10.1. The average molecular weight is 399 g/mol. The average Bonchev–Trinajstić information content (AvgIpc) is 3.07. The Morgan fingerprint density at radius 1 is 1.07 bits per heavy atom. The molecule has 1 aromatic heterocycles. The largest absolute Gasteiger partial charge is 0.374 e. The van der Waals surface area contributed by atoms with Crippen LogP contribution in [0.4, 0.5) is 17.1 Å². The van der Waals surface area contributed by atoms with Crippen molar-refractivity contribution in [2.45, 2.75) is 20.3 Å². The van der Waals surface area contributed by atoms with Gasteiger partial charge in [0.25, 0.3) is 5.91 Å². The first-order chi connectivity index (χ1) is 14.5. The van der Waals surface area contributed by atoms with E-state index in [4.69, 9.17) is 0 Å². The van der Waals surface area contributed by atoms with E-state index in [0.29, 0.717) is 5.57 Å². The maximum atomic E-state index is 12.4. The number of aromatic nitrogens is 1. The summed E-state index contributed by atoms with van der Waals surface area (Å²) in [6.45, 7) is 5.02. The molecule has 5 nitrogen and oxygen atoms in total. The fourth-order valence-corrected chi connectivity index (χ4v) is 3.85. The molecule has 2 aromatic carbocycles. The predicted octanol–water partition coefficient (Wildman–Crippen LogP) is 4.78. The highest BCUT2D eigenvalue weighted by molar-refractivity contribution is 6.32. The molecule has 0 radical (unpaired) electrons. The Bertz CT molecular complexity index is 1110. The summed E-state index contributed by atoms with van der Waals surface area (Å²) < 4.78 is 0. The van der Waals surface area contributed by atoms with Gasteiger partial charge in [-0.05, 0) is 61.4 Å². The van der Waals surface area contributed by atoms with Gasteiger partial charge in [-0.2, -0.15) is 0 Å². The number of aryl methyl sites for hydroxylation is 2. The second-order valence-electron chi connectivity index (χ2n) is 7.65. The molecule has 0 unspecified atom stereocenters. The summed E-state index contributed by atoms with van der Waals surface area (Å²) in [5.41, 5.74) is 8.00. The molecular formula is C25H26N4O. The zero-order valence-corrected chi connectivity index (χ0v) is 17.6. The predicted molar refractivity (Wildman–Crippen MR) is 124 cm³/mol. The van der Waals surface area contributed by atoms with E-state index in [-0.39, 0.29) is 5.91 Å². The summed E-state index contributed by atoms with van der Waals surface area (Å²) in [4.78, 5) is 19.0. The Balaban J connectivity index is 1.46. The second-order valence-corrected chi connectivity index (χ2v) is 7.65.